The van der Waals surface area contributed by atoms with Gasteiger partial charge in [0.15, 0.2) is 0 Å². The highest BCUT2D eigenvalue weighted by Gasteiger charge is 2.44. The Morgan fingerprint density at radius 1 is 1.31 bits per heavy atom. The largest absolute Gasteiger partial charge is 0.472 e. The molecule has 1 amide bonds. The van der Waals surface area contributed by atoms with Crippen LogP contribution in [0.4, 0.5) is 0 Å². The van der Waals surface area contributed by atoms with Crippen LogP contribution in [0.25, 0.3) is 0 Å². The summed E-state index contributed by atoms with van der Waals surface area (Å²) < 4.78 is 11.3. The molecule has 1 spiro atoms. The predicted molar refractivity (Wildman–Crippen MR) is 96.6 cm³/mol. The Morgan fingerprint density at radius 2 is 2.08 bits per heavy atom. The van der Waals surface area contributed by atoms with E-state index in [-0.39, 0.29) is 11.5 Å². The molecule has 0 aromatic carbocycles. The molecule has 0 aliphatic carbocycles. The Labute approximate surface area is 153 Å². The van der Waals surface area contributed by atoms with Gasteiger partial charge in [-0.15, -0.1) is 0 Å². The van der Waals surface area contributed by atoms with Crippen LogP contribution in [-0.4, -0.2) is 59.1 Å². The van der Waals surface area contributed by atoms with Gasteiger partial charge in [0.1, 0.15) is 6.26 Å². The molecule has 138 valence electrons. The van der Waals surface area contributed by atoms with E-state index in [9.17, 15) is 4.79 Å². The van der Waals surface area contributed by atoms with Crippen LogP contribution in [0.5, 0.6) is 0 Å². The molecule has 2 aliphatic rings. The summed E-state index contributed by atoms with van der Waals surface area (Å²) in [6, 6.07) is 6.26. The van der Waals surface area contributed by atoms with Gasteiger partial charge in [0.2, 0.25) is 0 Å². The number of amides is 1. The molecule has 4 heterocycles. The van der Waals surface area contributed by atoms with Crippen molar-refractivity contribution in [3.05, 3.63) is 54.2 Å². The van der Waals surface area contributed by atoms with Crippen LogP contribution in [0.15, 0.2) is 47.5 Å². The third-order valence-electron chi connectivity index (χ3n) is 5.72. The van der Waals surface area contributed by atoms with E-state index in [2.05, 4.69) is 29.1 Å². The highest BCUT2D eigenvalue weighted by atomic mass is 16.5. The van der Waals surface area contributed by atoms with E-state index < -0.39 is 0 Å². The van der Waals surface area contributed by atoms with Crippen molar-refractivity contribution in [2.24, 2.45) is 0 Å². The normalized spacial score (nSPS) is 22.2. The summed E-state index contributed by atoms with van der Waals surface area (Å²) in [5.74, 6) is 0.0537. The highest BCUT2D eigenvalue weighted by molar-refractivity contribution is 5.93. The van der Waals surface area contributed by atoms with Gasteiger partial charge in [-0.3, -0.25) is 14.7 Å². The van der Waals surface area contributed by atoms with Gasteiger partial charge in [0.05, 0.1) is 24.0 Å². The number of nitrogens with zero attached hydrogens (tertiary/aromatic N) is 3. The third-order valence-corrected chi connectivity index (χ3v) is 5.72. The number of pyridine rings is 1. The Hall–Kier alpha value is -2.18. The van der Waals surface area contributed by atoms with Crippen molar-refractivity contribution in [3.8, 4) is 0 Å². The molecule has 0 saturated carbocycles. The number of carbonyl (C=O) groups is 1. The molecule has 6 nitrogen and oxygen atoms in total. The van der Waals surface area contributed by atoms with Crippen LogP contribution < -0.4 is 0 Å². The van der Waals surface area contributed by atoms with Gasteiger partial charge in [-0.05, 0) is 50.1 Å². The van der Waals surface area contributed by atoms with Crippen LogP contribution in [0.3, 0.4) is 0 Å². The van der Waals surface area contributed by atoms with E-state index >= 15 is 0 Å². The number of furan rings is 1. The summed E-state index contributed by atoms with van der Waals surface area (Å²) in [4.78, 5) is 20.8. The molecule has 2 saturated heterocycles. The third kappa shape index (κ3) is 3.52. The molecule has 2 aromatic heterocycles. The average Bonchev–Trinajstić information content (AvgIpc) is 3.33. The number of ether oxygens (including phenoxy) is 1. The van der Waals surface area contributed by atoms with Crippen molar-refractivity contribution in [3.63, 3.8) is 0 Å². The van der Waals surface area contributed by atoms with Gasteiger partial charge in [-0.25, -0.2) is 0 Å². The number of carbonyl (C=O) groups excluding carboxylic acids is 1. The van der Waals surface area contributed by atoms with Crippen LogP contribution in [0, 0.1) is 0 Å². The Kier molecular flexibility index (Phi) is 4.78. The second-order valence-corrected chi connectivity index (χ2v) is 7.43. The molecule has 1 atom stereocenters. The Bertz CT molecular complexity index is 724. The number of rotatable bonds is 4. The zero-order valence-electron chi connectivity index (χ0n) is 15.1. The first kappa shape index (κ1) is 17.2. The maximum absolute atomic E-state index is 12.5. The van der Waals surface area contributed by atoms with Gasteiger partial charge in [0.25, 0.3) is 5.91 Å². The first-order chi connectivity index (χ1) is 12.7. The molecule has 0 bridgehead atoms. The van der Waals surface area contributed by atoms with Crippen molar-refractivity contribution in [1.82, 2.24) is 14.8 Å². The maximum atomic E-state index is 12.5. The second-order valence-electron chi connectivity index (χ2n) is 7.43. The lowest BCUT2D eigenvalue weighted by atomic mass is 9.87. The lowest BCUT2D eigenvalue weighted by Crippen LogP contribution is -2.47. The van der Waals surface area contributed by atoms with E-state index in [0.717, 1.165) is 45.5 Å². The molecule has 0 N–H and O–H groups in total. The Balaban J connectivity index is 1.32. The number of hydrogen-bond donors (Lipinski definition) is 0. The zero-order chi connectivity index (χ0) is 18.0. The topological polar surface area (TPSA) is 58.8 Å². The quantitative estimate of drug-likeness (QED) is 0.844. The van der Waals surface area contributed by atoms with Gasteiger partial charge in [-0.1, -0.05) is 0 Å². The first-order valence-corrected chi connectivity index (χ1v) is 9.20. The number of hydrogen-bond acceptors (Lipinski definition) is 5. The summed E-state index contributed by atoms with van der Waals surface area (Å²) in [6.45, 7) is 3.14. The van der Waals surface area contributed by atoms with E-state index in [4.69, 9.17) is 9.15 Å². The minimum Gasteiger partial charge on any atom is -0.472 e. The first-order valence-electron chi connectivity index (χ1n) is 9.20. The number of likely N-dealkylation sites (tertiary alicyclic amines) is 1. The van der Waals surface area contributed by atoms with Crippen molar-refractivity contribution in [1.29, 1.82) is 0 Å². The van der Waals surface area contributed by atoms with Crippen LogP contribution >= 0.6 is 0 Å². The van der Waals surface area contributed by atoms with Gasteiger partial charge < -0.3 is 14.1 Å². The van der Waals surface area contributed by atoms with E-state index in [1.807, 2.05) is 17.3 Å². The molecule has 2 fully saturated rings. The van der Waals surface area contributed by atoms with Gasteiger partial charge in [0, 0.05) is 38.1 Å². The summed E-state index contributed by atoms with van der Waals surface area (Å²) in [5.41, 5.74) is 1.82. The Morgan fingerprint density at radius 3 is 2.77 bits per heavy atom. The molecule has 2 aromatic rings. The monoisotopic (exact) mass is 355 g/mol. The lowest BCUT2D eigenvalue weighted by molar-refractivity contribution is -0.0393. The molecule has 1 unspecified atom stereocenters. The van der Waals surface area contributed by atoms with Crippen LogP contribution in [0.1, 0.15) is 35.2 Å². The summed E-state index contributed by atoms with van der Waals surface area (Å²) >= 11 is 0. The van der Waals surface area contributed by atoms with Gasteiger partial charge >= 0.3 is 0 Å². The van der Waals surface area contributed by atoms with Crippen LogP contribution in [0.2, 0.25) is 0 Å². The fourth-order valence-electron chi connectivity index (χ4n) is 4.04. The predicted octanol–water partition coefficient (Wildman–Crippen LogP) is 2.57. The average molecular weight is 355 g/mol. The van der Waals surface area contributed by atoms with Gasteiger partial charge in [-0.2, -0.15) is 0 Å². The van der Waals surface area contributed by atoms with E-state index in [1.165, 1.54) is 11.8 Å². The molecular weight excluding hydrogens is 330 g/mol. The fraction of sp³-hybridized carbons (Fsp3) is 0.500. The molecular formula is C20H25N3O3. The molecule has 4 rings (SSSR count). The van der Waals surface area contributed by atoms with Crippen molar-refractivity contribution in [2.75, 3.05) is 26.7 Å². The fourth-order valence-corrected chi connectivity index (χ4v) is 4.04. The van der Waals surface area contributed by atoms with Crippen molar-refractivity contribution >= 4 is 5.91 Å². The van der Waals surface area contributed by atoms with Crippen LogP contribution in [-0.2, 0) is 11.3 Å². The summed E-state index contributed by atoms with van der Waals surface area (Å²) in [5, 5.41) is 0. The van der Waals surface area contributed by atoms with E-state index in [0.29, 0.717) is 11.6 Å². The minimum absolute atomic E-state index is 0.0537. The maximum Gasteiger partial charge on any atom is 0.257 e. The summed E-state index contributed by atoms with van der Waals surface area (Å²) in [6.07, 6.45) is 9.56. The molecule has 0 radical (unpaired) electrons. The number of likely N-dealkylation sites (N-methyl/N-ethyl adjacent to an activating group) is 1. The summed E-state index contributed by atoms with van der Waals surface area (Å²) in [7, 11) is 2.16. The number of piperidine rings is 1. The smallest absolute Gasteiger partial charge is 0.257 e. The van der Waals surface area contributed by atoms with Crippen molar-refractivity contribution < 1.29 is 13.9 Å². The molecule has 26 heavy (non-hydrogen) atoms. The minimum atomic E-state index is -0.0790. The second kappa shape index (κ2) is 7.21. The SMILES string of the molecule is CN(Cc1ccncc1)C1COC2(CCN(C(=O)c3ccoc3)CC2)C1. The lowest BCUT2D eigenvalue weighted by Gasteiger charge is -2.38. The zero-order valence-corrected chi connectivity index (χ0v) is 15.1. The standard InChI is InChI=1S/C20H25N3O3/c1-22(13-16-2-7-21-8-3-16)18-12-20(26-15-18)5-9-23(10-6-20)19(24)17-4-11-25-14-17/h2-4,7-8,11,14,18H,5-6,9-10,12-13,15H2,1H3. The highest BCUT2D eigenvalue weighted by Crippen LogP contribution is 2.38. The molecule has 6 heteroatoms. The number of aromatic nitrogens is 1. The molecule has 2 aliphatic heterocycles. The van der Waals surface area contributed by atoms with E-state index in [1.54, 1.807) is 12.3 Å². The van der Waals surface area contributed by atoms with Crippen molar-refractivity contribution in [2.45, 2.75) is 37.5 Å².